The van der Waals surface area contributed by atoms with Crippen LogP contribution in [0.25, 0.3) is 32.6 Å². The molecule has 4 N–H and O–H groups in total. The van der Waals surface area contributed by atoms with Crippen molar-refractivity contribution in [3.05, 3.63) is 53.9 Å². The highest BCUT2D eigenvalue weighted by molar-refractivity contribution is 6.24. The minimum absolute atomic E-state index is 0.109. The molecule has 4 aromatic rings. The Balaban J connectivity index is 1.64. The smallest absolute Gasteiger partial charge is 0.314 e. The number of para-hydroxylation sites is 1. The Morgan fingerprint density at radius 1 is 1.00 bits per heavy atom. The van der Waals surface area contributed by atoms with Crippen molar-refractivity contribution >= 4 is 44.5 Å². The van der Waals surface area contributed by atoms with Gasteiger partial charge in [0.1, 0.15) is 0 Å². The summed E-state index contributed by atoms with van der Waals surface area (Å²) < 4.78 is 0. The number of aromatic nitrogens is 2. The van der Waals surface area contributed by atoms with Gasteiger partial charge in [-0.15, -0.1) is 0 Å². The summed E-state index contributed by atoms with van der Waals surface area (Å²) in [7, 11) is 1.59. The largest absolute Gasteiger partial charge is 0.354 e. The molecule has 0 unspecified atom stereocenters. The number of unbranched alkanes of at least 4 members (excludes halogenated alkanes) is 1. The highest BCUT2D eigenvalue weighted by Gasteiger charge is 2.20. The fourth-order valence-electron chi connectivity index (χ4n) is 3.97. The van der Waals surface area contributed by atoms with Gasteiger partial charge in [-0.3, -0.25) is 9.78 Å². The van der Waals surface area contributed by atoms with E-state index in [9.17, 15) is 9.59 Å². The zero-order chi connectivity index (χ0) is 21.1. The van der Waals surface area contributed by atoms with E-state index in [4.69, 9.17) is 0 Å². The van der Waals surface area contributed by atoms with Gasteiger partial charge in [0.2, 0.25) is 0 Å². The molecule has 0 aliphatic heterocycles. The average molecular weight is 403 g/mol. The van der Waals surface area contributed by atoms with E-state index >= 15 is 0 Å². The monoisotopic (exact) mass is 403 g/mol. The number of H-pyrrole nitrogens is 1. The summed E-state index contributed by atoms with van der Waals surface area (Å²) in [5.41, 5.74) is 3.62. The second-order valence-electron chi connectivity index (χ2n) is 7.31. The summed E-state index contributed by atoms with van der Waals surface area (Å²) >= 11 is 0. The lowest BCUT2D eigenvalue weighted by Crippen LogP contribution is -2.33. The molecule has 0 radical (unpaired) electrons. The van der Waals surface area contributed by atoms with Gasteiger partial charge in [-0.2, -0.15) is 0 Å². The molecule has 30 heavy (non-hydrogen) atoms. The Kier molecular flexibility index (Phi) is 5.52. The first-order valence-corrected chi connectivity index (χ1v) is 10.1. The van der Waals surface area contributed by atoms with Gasteiger partial charge in [-0.05, 0) is 42.8 Å². The summed E-state index contributed by atoms with van der Waals surface area (Å²) in [4.78, 5) is 32.1. The molecule has 7 heteroatoms. The van der Waals surface area contributed by atoms with Crippen LogP contribution in [0, 0.1) is 6.92 Å². The van der Waals surface area contributed by atoms with Crippen LogP contribution in [0.5, 0.6) is 0 Å². The van der Waals surface area contributed by atoms with E-state index in [0.717, 1.165) is 51.0 Å². The lowest BCUT2D eigenvalue weighted by molar-refractivity contribution is 0.0956. The van der Waals surface area contributed by atoms with E-state index in [1.165, 1.54) is 0 Å². The van der Waals surface area contributed by atoms with Crippen LogP contribution in [0.4, 0.5) is 4.79 Å². The van der Waals surface area contributed by atoms with E-state index in [2.05, 4.69) is 38.9 Å². The molecule has 2 heterocycles. The minimum Gasteiger partial charge on any atom is -0.354 e. The Labute approximate surface area is 174 Å². The number of amides is 3. The van der Waals surface area contributed by atoms with Gasteiger partial charge in [0, 0.05) is 54.2 Å². The summed E-state index contributed by atoms with van der Waals surface area (Å²) in [5.74, 6) is -0.109. The number of urea groups is 1. The SMILES string of the molecule is CNC(=O)NCCCCNC(=O)c1c2ccncc2c(C)c2c1[nH]c1ccccc12. The topological polar surface area (TPSA) is 98.9 Å². The molecule has 0 atom stereocenters. The van der Waals surface area contributed by atoms with E-state index in [0.29, 0.717) is 18.7 Å². The molecule has 3 amide bonds. The van der Waals surface area contributed by atoms with Crippen molar-refractivity contribution in [2.24, 2.45) is 0 Å². The van der Waals surface area contributed by atoms with Crippen molar-refractivity contribution in [3.8, 4) is 0 Å². The molecule has 0 aliphatic carbocycles. The Bertz CT molecular complexity index is 1240. The second-order valence-corrected chi connectivity index (χ2v) is 7.31. The molecule has 0 saturated heterocycles. The van der Waals surface area contributed by atoms with E-state index in [-0.39, 0.29) is 11.9 Å². The maximum Gasteiger partial charge on any atom is 0.314 e. The van der Waals surface area contributed by atoms with Crippen molar-refractivity contribution in [1.82, 2.24) is 25.9 Å². The zero-order valence-electron chi connectivity index (χ0n) is 17.1. The molecule has 0 fully saturated rings. The summed E-state index contributed by atoms with van der Waals surface area (Å²) in [6, 6.07) is 9.80. The molecule has 2 aromatic carbocycles. The van der Waals surface area contributed by atoms with Crippen LogP contribution >= 0.6 is 0 Å². The predicted octanol–water partition coefficient (Wildman–Crippen LogP) is 3.62. The van der Waals surface area contributed by atoms with Crippen molar-refractivity contribution in [2.75, 3.05) is 20.1 Å². The standard InChI is InChI=1S/C23H25N5O2/c1-14-17-13-25-12-9-15(17)20(21-19(14)16-7-3-4-8-18(16)28-21)22(29)26-10-5-6-11-27-23(30)24-2/h3-4,7-9,12-13,28H,5-6,10-11H2,1-2H3,(H,26,29)(H2,24,27,30). The highest BCUT2D eigenvalue weighted by Crippen LogP contribution is 2.36. The number of carbonyl (C=O) groups is 2. The van der Waals surface area contributed by atoms with Gasteiger partial charge >= 0.3 is 6.03 Å². The van der Waals surface area contributed by atoms with Gasteiger partial charge in [-0.1, -0.05) is 18.2 Å². The number of hydrogen-bond donors (Lipinski definition) is 4. The van der Waals surface area contributed by atoms with Crippen molar-refractivity contribution in [2.45, 2.75) is 19.8 Å². The molecule has 7 nitrogen and oxygen atoms in total. The van der Waals surface area contributed by atoms with E-state index < -0.39 is 0 Å². The Hall–Kier alpha value is -3.61. The molecule has 154 valence electrons. The van der Waals surface area contributed by atoms with Crippen molar-refractivity contribution < 1.29 is 9.59 Å². The summed E-state index contributed by atoms with van der Waals surface area (Å²) in [6.07, 6.45) is 5.11. The third kappa shape index (κ3) is 3.54. The lowest BCUT2D eigenvalue weighted by atomic mass is 9.96. The first-order valence-electron chi connectivity index (χ1n) is 10.1. The molecule has 4 rings (SSSR count). The maximum atomic E-state index is 13.2. The van der Waals surface area contributed by atoms with Gasteiger partial charge < -0.3 is 20.9 Å². The molecule has 0 bridgehead atoms. The van der Waals surface area contributed by atoms with Gasteiger partial charge in [-0.25, -0.2) is 4.79 Å². The van der Waals surface area contributed by atoms with E-state index in [1.54, 1.807) is 13.2 Å². The van der Waals surface area contributed by atoms with Gasteiger partial charge in [0.05, 0.1) is 11.1 Å². The number of benzene rings is 2. The molecule has 0 saturated carbocycles. The van der Waals surface area contributed by atoms with Crippen LogP contribution in [-0.4, -0.2) is 42.0 Å². The fraction of sp³-hybridized carbons (Fsp3) is 0.261. The number of hydrogen-bond acceptors (Lipinski definition) is 3. The van der Waals surface area contributed by atoms with Crippen LogP contribution < -0.4 is 16.0 Å². The van der Waals surface area contributed by atoms with E-state index in [1.807, 2.05) is 30.5 Å². The summed E-state index contributed by atoms with van der Waals surface area (Å²) in [6.45, 7) is 3.19. The van der Waals surface area contributed by atoms with Crippen LogP contribution in [0.1, 0.15) is 28.8 Å². The first kappa shape index (κ1) is 19.7. The molecule has 0 spiro atoms. The number of carbonyl (C=O) groups excluding carboxylic acids is 2. The zero-order valence-corrected chi connectivity index (χ0v) is 17.1. The minimum atomic E-state index is -0.194. The van der Waals surface area contributed by atoms with Crippen LogP contribution in [0.15, 0.2) is 42.7 Å². The number of nitrogens with one attached hydrogen (secondary N) is 4. The molecular weight excluding hydrogens is 378 g/mol. The lowest BCUT2D eigenvalue weighted by Gasteiger charge is -2.12. The number of aromatic amines is 1. The fourth-order valence-corrected chi connectivity index (χ4v) is 3.97. The van der Waals surface area contributed by atoms with Crippen molar-refractivity contribution in [1.29, 1.82) is 0 Å². The van der Waals surface area contributed by atoms with Crippen molar-refractivity contribution in [3.63, 3.8) is 0 Å². The Morgan fingerprint density at radius 3 is 2.57 bits per heavy atom. The molecular formula is C23H25N5O2. The number of fused-ring (bicyclic) bond motifs is 4. The number of aryl methyl sites for hydroxylation is 1. The van der Waals surface area contributed by atoms with Crippen LogP contribution in [0.2, 0.25) is 0 Å². The average Bonchev–Trinajstić information content (AvgIpc) is 3.15. The molecule has 2 aromatic heterocycles. The Morgan fingerprint density at radius 2 is 1.77 bits per heavy atom. The highest BCUT2D eigenvalue weighted by atomic mass is 16.2. The molecule has 0 aliphatic rings. The second kappa shape index (κ2) is 8.41. The maximum absolute atomic E-state index is 13.2. The summed E-state index contributed by atoms with van der Waals surface area (Å²) in [5, 5.41) is 12.3. The normalized spacial score (nSPS) is 11.1. The van der Waals surface area contributed by atoms with Gasteiger partial charge in [0.25, 0.3) is 5.91 Å². The van der Waals surface area contributed by atoms with Gasteiger partial charge in [0.15, 0.2) is 0 Å². The third-order valence-corrected chi connectivity index (χ3v) is 5.45. The quantitative estimate of drug-likeness (QED) is 0.370. The van der Waals surface area contributed by atoms with Crippen LogP contribution in [-0.2, 0) is 0 Å². The number of nitrogens with zero attached hydrogens (tertiary/aromatic N) is 1. The van der Waals surface area contributed by atoms with Crippen LogP contribution in [0.3, 0.4) is 0 Å². The first-order chi connectivity index (χ1) is 14.6. The number of rotatable bonds is 6. The third-order valence-electron chi connectivity index (χ3n) is 5.45. The number of pyridine rings is 1. The predicted molar refractivity (Wildman–Crippen MR) is 120 cm³/mol.